The van der Waals surface area contributed by atoms with Gasteiger partial charge in [0.1, 0.15) is 23.4 Å². The summed E-state index contributed by atoms with van der Waals surface area (Å²) >= 11 is 0. The molecule has 1 saturated carbocycles. The lowest BCUT2D eigenvalue weighted by Gasteiger charge is -2.64. The normalized spacial score (nSPS) is 34.4. The third kappa shape index (κ3) is 3.12. The minimum absolute atomic E-state index is 0.239. The summed E-state index contributed by atoms with van der Waals surface area (Å²) in [5.74, 6) is -1.12. The van der Waals surface area contributed by atoms with Crippen LogP contribution in [0.15, 0.2) is 24.3 Å². The Kier molecular flexibility index (Phi) is 6.25. The van der Waals surface area contributed by atoms with E-state index < -0.39 is 42.0 Å². The zero-order chi connectivity index (χ0) is 18.8. The van der Waals surface area contributed by atoms with Gasteiger partial charge in [-0.2, -0.15) is 0 Å². The van der Waals surface area contributed by atoms with E-state index in [9.17, 15) is 30.6 Å². The molecule has 1 aromatic rings. The third-order valence-electron chi connectivity index (χ3n) is 5.46. The first-order chi connectivity index (χ1) is 11.8. The van der Waals surface area contributed by atoms with Crippen LogP contribution in [0.2, 0.25) is 0 Å². The zero-order valence-electron chi connectivity index (χ0n) is 14.8. The van der Waals surface area contributed by atoms with Gasteiger partial charge in [0.05, 0.1) is 18.6 Å². The number of hydrogen-bond acceptors (Lipinski definition) is 6. The van der Waals surface area contributed by atoms with Crippen LogP contribution < -0.4 is 0 Å². The monoisotopic (exact) mass is 354 g/mol. The molecule has 0 amide bonds. The van der Waals surface area contributed by atoms with Crippen LogP contribution in [0, 0.1) is 0 Å². The van der Waals surface area contributed by atoms with Crippen LogP contribution in [-0.2, 0) is 6.42 Å². The van der Waals surface area contributed by atoms with Gasteiger partial charge in [-0.3, -0.25) is 0 Å². The Morgan fingerprint density at radius 2 is 1.52 bits per heavy atom. The smallest absolute Gasteiger partial charge is 0.131 e. The molecule has 2 rings (SSSR count). The average molecular weight is 354 g/mol. The van der Waals surface area contributed by atoms with Crippen molar-refractivity contribution in [3.63, 3.8) is 0 Å². The molecule has 2 unspecified atom stereocenters. The van der Waals surface area contributed by atoms with Crippen LogP contribution in [0.25, 0.3) is 0 Å². The van der Waals surface area contributed by atoms with Gasteiger partial charge in [0.25, 0.3) is 0 Å². The molecule has 6 heteroatoms. The fourth-order valence-electron chi connectivity index (χ4n) is 4.06. The SMILES string of the molecule is CCCc1ccc(C2[C@](O)(C(O)CCC)[C@@H](O)[C@]2(O)[C@H](O)CO)cc1. The summed E-state index contributed by atoms with van der Waals surface area (Å²) in [6.45, 7) is 3.13. The van der Waals surface area contributed by atoms with Crippen molar-refractivity contribution in [2.24, 2.45) is 0 Å². The first-order valence-electron chi connectivity index (χ1n) is 8.96. The standard InChI is InChI=1S/C19H30O6/c1-3-5-12-7-9-13(10-8-12)16-18(24,14(21)6-4-2)17(23)19(16,25)15(22)11-20/h7-10,14-17,20-25H,3-6,11H2,1-2H3/t14?,15-,16?,17-,18-,19+/m1/s1. The summed E-state index contributed by atoms with van der Waals surface area (Å²) < 4.78 is 0. The maximum Gasteiger partial charge on any atom is 0.131 e. The first-order valence-corrected chi connectivity index (χ1v) is 8.96. The highest BCUT2D eigenvalue weighted by molar-refractivity contribution is 5.40. The van der Waals surface area contributed by atoms with Gasteiger partial charge in [-0.05, 0) is 24.0 Å². The Hall–Kier alpha value is -1.02. The van der Waals surface area contributed by atoms with E-state index in [4.69, 9.17) is 0 Å². The molecule has 1 aliphatic carbocycles. The molecule has 0 aromatic heterocycles. The molecule has 0 radical (unpaired) electrons. The van der Waals surface area contributed by atoms with Gasteiger partial charge in [-0.25, -0.2) is 0 Å². The lowest BCUT2D eigenvalue weighted by molar-refractivity contribution is -0.342. The van der Waals surface area contributed by atoms with E-state index in [-0.39, 0.29) is 6.42 Å². The van der Waals surface area contributed by atoms with Crippen LogP contribution in [0.3, 0.4) is 0 Å². The quantitative estimate of drug-likeness (QED) is 0.393. The second-order valence-corrected chi connectivity index (χ2v) is 7.10. The summed E-state index contributed by atoms with van der Waals surface area (Å²) in [5, 5.41) is 62.0. The Morgan fingerprint density at radius 1 is 0.960 bits per heavy atom. The van der Waals surface area contributed by atoms with Crippen molar-refractivity contribution < 1.29 is 30.6 Å². The maximum absolute atomic E-state index is 11.0. The largest absolute Gasteiger partial charge is 0.394 e. The Labute approximate surface area is 148 Å². The summed E-state index contributed by atoms with van der Waals surface area (Å²) in [5.41, 5.74) is -2.54. The highest BCUT2D eigenvalue weighted by Gasteiger charge is 2.75. The van der Waals surface area contributed by atoms with Crippen molar-refractivity contribution in [1.29, 1.82) is 0 Å². The Bertz CT molecular complexity index is 562. The van der Waals surface area contributed by atoms with Crippen LogP contribution in [0.1, 0.15) is 50.2 Å². The van der Waals surface area contributed by atoms with Gasteiger partial charge in [-0.15, -0.1) is 0 Å². The lowest BCUT2D eigenvalue weighted by Crippen LogP contribution is -2.83. The van der Waals surface area contributed by atoms with Crippen LogP contribution >= 0.6 is 0 Å². The fourth-order valence-corrected chi connectivity index (χ4v) is 4.06. The molecular formula is C19H30O6. The molecule has 1 fully saturated rings. The Morgan fingerprint density at radius 3 is 2.00 bits per heavy atom. The third-order valence-corrected chi connectivity index (χ3v) is 5.46. The zero-order valence-corrected chi connectivity index (χ0v) is 14.8. The van der Waals surface area contributed by atoms with E-state index in [2.05, 4.69) is 6.92 Å². The molecule has 1 aromatic carbocycles. The number of rotatable bonds is 8. The molecule has 0 saturated heterocycles. The minimum atomic E-state index is -2.13. The van der Waals surface area contributed by atoms with Crippen molar-refractivity contribution in [1.82, 2.24) is 0 Å². The average Bonchev–Trinajstić information content (AvgIpc) is 2.62. The van der Waals surface area contributed by atoms with Gasteiger partial charge < -0.3 is 30.6 Å². The van der Waals surface area contributed by atoms with E-state index in [1.165, 1.54) is 0 Å². The second kappa shape index (κ2) is 7.70. The molecule has 142 valence electrons. The molecule has 0 bridgehead atoms. The molecular weight excluding hydrogens is 324 g/mol. The predicted molar refractivity (Wildman–Crippen MR) is 93.1 cm³/mol. The number of aryl methyl sites for hydroxylation is 1. The summed E-state index contributed by atoms with van der Waals surface area (Å²) in [6.07, 6.45) is -1.99. The van der Waals surface area contributed by atoms with Crippen molar-refractivity contribution in [2.45, 2.75) is 75.0 Å². The molecule has 6 N–H and O–H groups in total. The van der Waals surface area contributed by atoms with Crippen molar-refractivity contribution in [3.05, 3.63) is 35.4 Å². The van der Waals surface area contributed by atoms with E-state index in [0.717, 1.165) is 18.4 Å². The van der Waals surface area contributed by atoms with Crippen LogP contribution in [0.4, 0.5) is 0 Å². The molecule has 6 nitrogen and oxygen atoms in total. The van der Waals surface area contributed by atoms with Crippen molar-refractivity contribution in [2.75, 3.05) is 6.61 Å². The van der Waals surface area contributed by atoms with Crippen LogP contribution in [-0.4, -0.2) is 66.8 Å². The number of benzene rings is 1. The molecule has 0 aliphatic heterocycles. The van der Waals surface area contributed by atoms with Gasteiger partial charge in [0.2, 0.25) is 0 Å². The molecule has 0 heterocycles. The van der Waals surface area contributed by atoms with Gasteiger partial charge in [0, 0.05) is 0 Å². The van der Waals surface area contributed by atoms with Gasteiger partial charge in [-0.1, -0.05) is 51.0 Å². The highest BCUT2D eigenvalue weighted by atomic mass is 16.4. The van der Waals surface area contributed by atoms with E-state index in [1.54, 1.807) is 12.1 Å². The van der Waals surface area contributed by atoms with Gasteiger partial charge in [0.15, 0.2) is 0 Å². The predicted octanol–water partition coefficient (Wildman–Crippen LogP) is 0.0736. The summed E-state index contributed by atoms with van der Waals surface area (Å²) in [4.78, 5) is 0. The van der Waals surface area contributed by atoms with Gasteiger partial charge >= 0.3 is 0 Å². The maximum atomic E-state index is 11.0. The molecule has 6 atom stereocenters. The lowest BCUT2D eigenvalue weighted by atomic mass is 9.49. The number of aliphatic hydroxyl groups is 6. The summed E-state index contributed by atoms with van der Waals surface area (Å²) in [7, 11) is 0. The number of aliphatic hydroxyl groups excluding tert-OH is 4. The minimum Gasteiger partial charge on any atom is -0.394 e. The van der Waals surface area contributed by atoms with E-state index in [0.29, 0.717) is 12.0 Å². The summed E-state index contributed by atoms with van der Waals surface area (Å²) in [6, 6.07) is 7.17. The fraction of sp³-hybridized carbons (Fsp3) is 0.684. The van der Waals surface area contributed by atoms with Crippen molar-refractivity contribution >= 4 is 0 Å². The van der Waals surface area contributed by atoms with Crippen LogP contribution in [0.5, 0.6) is 0 Å². The van der Waals surface area contributed by atoms with E-state index in [1.807, 2.05) is 19.1 Å². The molecule has 0 spiro atoms. The number of hydrogen-bond donors (Lipinski definition) is 6. The van der Waals surface area contributed by atoms with E-state index >= 15 is 0 Å². The topological polar surface area (TPSA) is 121 Å². The highest BCUT2D eigenvalue weighted by Crippen LogP contribution is 2.57. The molecule has 1 aliphatic rings. The van der Waals surface area contributed by atoms with Crippen molar-refractivity contribution in [3.8, 4) is 0 Å². The second-order valence-electron chi connectivity index (χ2n) is 7.10. The first kappa shape index (κ1) is 20.3. The molecule has 25 heavy (non-hydrogen) atoms. The Balaban J connectivity index is 2.45.